The molecule has 0 aliphatic carbocycles. The van der Waals surface area contributed by atoms with Crippen molar-refractivity contribution >= 4 is 46.8 Å². The smallest absolute Gasteiger partial charge is 0.307 e. The van der Waals surface area contributed by atoms with Gasteiger partial charge in [0.05, 0.1) is 30.3 Å². The lowest BCUT2D eigenvalue weighted by Crippen LogP contribution is -2.38. The molecule has 0 rings (SSSR count). The van der Waals surface area contributed by atoms with Gasteiger partial charge in [-0.25, -0.2) is 0 Å². The molecule has 0 aromatic rings. The van der Waals surface area contributed by atoms with Gasteiger partial charge in [0.2, 0.25) is 0 Å². The van der Waals surface area contributed by atoms with E-state index in [0.717, 1.165) is 82.5 Å². The van der Waals surface area contributed by atoms with Gasteiger partial charge in [0.1, 0.15) is 33.0 Å². The Hall–Kier alpha value is -2.91. The Morgan fingerprint density at radius 2 is 0.930 bits per heavy atom. The predicted molar refractivity (Wildman–Crippen MR) is 224 cm³/mol. The molecule has 0 aromatic carbocycles. The lowest BCUT2D eigenvalue weighted by Gasteiger charge is -2.28. The van der Waals surface area contributed by atoms with Gasteiger partial charge in [-0.3, -0.25) is 28.8 Å². The number of hydrogen-bond acceptors (Lipinski definition) is 14. The van der Waals surface area contributed by atoms with Gasteiger partial charge in [0.25, 0.3) is 5.24 Å². The van der Waals surface area contributed by atoms with Crippen LogP contribution in [-0.4, -0.2) is 129 Å². The van der Waals surface area contributed by atoms with Gasteiger partial charge in [0, 0.05) is 38.6 Å². The zero-order valence-corrected chi connectivity index (χ0v) is 37.7. The van der Waals surface area contributed by atoms with Crippen LogP contribution in [0.3, 0.4) is 0 Å². The Bertz CT molecular complexity index is 1120. The SMILES string of the molecule is CC.CCCCCCCC(=O)OCC(C)(CO)COC(=O)CCN(CCC(=O)OCC(C)(COC(C)=O)COC(=O)CCCCCCC)C(=O)SCCCN(C)C. The summed E-state index contributed by atoms with van der Waals surface area (Å²) in [4.78, 5) is 78.4. The number of unbranched alkanes of at least 4 members (excludes halogenated alkanes) is 8. The summed E-state index contributed by atoms with van der Waals surface area (Å²) >= 11 is 1.09. The molecule has 0 heterocycles. The number of carbonyl (C=O) groups is 6. The van der Waals surface area contributed by atoms with Gasteiger partial charge in [-0.05, 0) is 46.8 Å². The van der Waals surface area contributed by atoms with Crippen molar-refractivity contribution in [1.82, 2.24) is 9.80 Å². The average molecular weight is 835 g/mol. The number of rotatable bonds is 33. The van der Waals surface area contributed by atoms with Crippen molar-refractivity contribution in [3.8, 4) is 0 Å². The first kappa shape index (κ1) is 56.2. The maximum absolute atomic E-state index is 13.2. The molecule has 0 spiro atoms. The molecular formula is C42H78N2O12S. The van der Waals surface area contributed by atoms with Gasteiger partial charge in [-0.15, -0.1) is 0 Å². The van der Waals surface area contributed by atoms with Crippen LogP contribution in [0.25, 0.3) is 0 Å². The Kier molecular flexibility index (Phi) is 34.6. The van der Waals surface area contributed by atoms with E-state index in [-0.39, 0.29) is 95.6 Å². The molecule has 57 heavy (non-hydrogen) atoms. The molecule has 0 aromatic heterocycles. The summed E-state index contributed by atoms with van der Waals surface area (Å²) in [5.41, 5.74) is -1.98. The second kappa shape index (κ2) is 35.1. The van der Waals surface area contributed by atoms with Crippen LogP contribution in [0, 0.1) is 10.8 Å². The van der Waals surface area contributed by atoms with E-state index in [1.807, 2.05) is 32.8 Å². The third-order valence-corrected chi connectivity index (χ3v) is 9.70. The van der Waals surface area contributed by atoms with Crippen LogP contribution in [0.1, 0.15) is 145 Å². The van der Waals surface area contributed by atoms with Gasteiger partial charge in [-0.2, -0.15) is 0 Å². The summed E-state index contributed by atoms with van der Waals surface area (Å²) in [5.74, 6) is -1.95. The highest BCUT2D eigenvalue weighted by Crippen LogP contribution is 2.21. The minimum absolute atomic E-state index is 0.0208. The van der Waals surface area contributed by atoms with Crippen molar-refractivity contribution in [3.63, 3.8) is 0 Å². The van der Waals surface area contributed by atoms with Gasteiger partial charge in [0.15, 0.2) is 0 Å². The van der Waals surface area contributed by atoms with E-state index in [2.05, 4.69) is 13.8 Å². The third-order valence-electron chi connectivity index (χ3n) is 8.71. The van der Waals surface area contributed by atoms with E-state index < -0.39 is 28.7 Å². The zero-order chi connectivity index (χ0) is 43.5. The molecule has 0 aliphatic heterocycles. The summed E-state index contributed by atoms with van der Waals surface area (Å²) in [6.45, 7) is 12.5. The molecule has 1 amide bonds. The fourth-order valence-corrected chi connectivity index (χ4v) is 5.78. The average Bonchev–Trinajstić information content (AvgIpc) is 3.19. The molecule has 0 saturated heterocycles. The molecule has 0 saturated carbocycles. The first-order valence-electron chi connectivity index (χ1n) is 21.0. The molecule has 0 fully saturated rings. The van der Waals surface area contributed by atoms with Crippen LogP contribution in [-0.2, 0) is 47.7 Å². The van der Waals surface area contributed by atoms with Crippen LogP contribution < -0.4 is 0 Å². The summed E-state index contributed by atoms with van der Waals surface area (Å²) < 4.78 is 26.9. The van der Waals surface area contributed by atoms with Crippen molar-refractivity contribution in [3.05, 3.63) is 0 Å². The lowest BCUT2D eigenvalue weighted by atomic mass is 9.94. The quantitative estimate of drug-likeness (QED) is 0.0394. The molecule has 0 aliphatic rings. The highest BCUT2D eigenvalue weighted by atomic mass is 32.2. The zero-order valence-electron chi connectivity index (χ0n) is 36.9. The summed E-state index contributed by atoms with van der Waals surface area (Å²) in [6.07, 6.45) is 10.9. The van der Waals surface area contributed by atoms with E-state index in [4.69, 9.17) is 23.7 Å². The van der Waals surface area contributed by atoms with E-state index in [0.29, 0.717) is 12.2 Å². The van der Waals surface area contributed by atoms with Gasteiger partial charge < -0.3 is 38.6 Å². The monoisotopic (exact) mass is 835 g/mol. The highest BCUT2D eigenvalue weighted by Gasteiger charge is 2.31. The standard InChI is InChI=1S/C40H72N2O12S.C2H6/c1-8-10-12-14-16-19-34(45)51-28-39(4,27-43)29-52-36(47)21-24-42(38(49)55-26-18-23-41(6)7)25-22-37(48)54-32-40(5,30-50-33(3)44)31-53-35(46)20-17-15-13-11-9-2;1-2/h43H,8-32H2,1-7H3;1-2H3. The van der Waals surface area contributed by atoms with Crippen LogP contribution in [0.15, 0.2) is 0 Å². The maximum atomic E-state index is 13.2. The van der Waals surface area contributed by atoms with Gasteiger partial charge >= 0.3 is 29.8 Å². The fraction of sp³-hybridized carbons (Fsp3) is 0.857. The molecule has 1 N–H and O–H groups in total. The molecule has 334 valence electrons. The van der Waals surface area contributed by atoms with E-state index in [1.165, 1.54) is 11.8 Å². The van der Waals surface area contributed by atoms with Crippen LogP contribution in [0.5, 0.6) is 0 Å². The Morgan fingerprint density at radius 1 is 0.544 bits per heavy atom. The number of nitrogens with zero attached hydrogens (tertiary/aromatic N) is 2. The number of esters is 5. The summed E-state index contributed by atoms with van der Waals surface area (Å²) in [7, 11) is 3.88. The van der Waals surface area contributed by atoms with Crippen molar-refractivity contribution in [2.75, 3.05) is 79.1 Å². The molecule has 15 heteroatoms. The number of aliphatic hydroxyl groups excluding tert-OH is 1. The van der Waals surface area contributed by atoms with E-state index in [9.17, 15) is 33.9 Å². The molecule has 2 unspecified atom stereocenters. The number of carbonyl (C=O) groups excluding carboxylic acids is 6. The minimum Gasteiger partial charge on any atom is -0.465 e. The van der Waals surface area contributed by atoms with Crippen molar-refractivity contribution in [1.29, 1.82) is 0 Å². The largest absolute Gasteiger partial charge is 0.465 e. The number of thioether (sulfide) groups is 1. The minimum atomic E-state index is -0.994. The lowest BCUT2D eigenvalue weighted by molar-refractivity contribution is -0.160. The van der Waals surface area contributed by atoms with Crippen LogP contribution >= 0.6 is 11.8 Å². The second-order valence-corrected chi connectivity index (χ2v) is 16.3. The number of hydrogen-bond donors (Lipinski definition) is 1. The molecule has 14 nitrogen and oxygen atoms in total. The topological polar surface area (TPSA) is 175 Å². The second-order valence-electron chi connectivity index (χ2n) is 15.3. The van der Waals surface area contributed by atoms with Crippen molar-refractivity contribution in [2.24, 2.45) is 10.8 Å². The van der Waals surface area contributed by atoms with Crippen molar-refractivity contribution < 1.29 is 57.6 Å². The van der Waals surface area contributed by atoms with Crippen LogP contribution in [0.4, 0.5) is 4.79 Å². The Morgan fingerprint density at radius 3 is 1.32 bits per heavy atom. The highest BCUT2D eigenvalue weighted by molar-refractivity contribution is 8.13. The number of amides is 1. The normalized spacial score (nSPS) is 13.0. The molecule has 2 atom stereocenters. The Balaban J connectivity index is 0. The van der Waals surface area contributed by atoms with Crippen molar-refractivity contribution in [2.45, 2.75) is 145 Å². The van der Waals surface area contributed by atoms with Gasteiger partial charge in [-0.1, -0.05) is 97.7 Å². The maximum Gasteiger partial charge on any atom is 0.307 e. The molecule has 0 bridgehead atoms. The third kappa shape index (κ3) is 32.7. The molecule has 0 radical (unpaired) electrons. The molecular weight excluding hydrogens is 757 g/mol. The predicted octanol–water partition coefficient (Wildman–Crippen LogP) is 7.36. The first-order valence-corrected chi connectivity index (χ1v) is 22.0. The summed E-state index contributed by atoms with van der Waals surface area (Å²) in [5, 5.41) is 9.66. The number of aliphatic hydroxyl groups is 1. The summed E-state index contributed by atoms with van der Waals surface area (Å²) in [6, 6.07) is 0. The first-order chi connectivity index (χ1) is 27.1. The van der Waals surface area contributed by atoms with E-state index in [1.54, 1.807) is 13.8 Å². The van der Waals surface area contributed by atoms with E-state index >= 15 is 0 Å². The fourth-order valence-electron chi connectivity index (χ4n) is 4.97. The van der Waals surface area contributed by atoms with Crippen LogP contribution in [0.2, 0.25) is 0 Å². The number of ether oxygens (including phenoxy) is 5. The Labute approximate surface area is 348 Å².